The maximum Gasteiger partial charge on any atom is 0.153 e. The van der Waals surface area contributed by atoms with Crippen molar-refractivity contribution >= 4 is 49.6 Å². The van der Waals surface area contributed by atoms with Gasteiger partial charge in [-0.2, -0.15) is 0 Å². The summed E-state index contributed by atoms with van der Waals surface area (Å²) in [5.41, 5.74) is 11.5. The number of benzene rings is 3. The van der Waals surface area contributed by atoms with Gasteiger partial charge >= 0.3 is 0 Å². The highest BCUT2D eigenvalue weighted by Crippen LogP contribution is 2.47. The summed E-state index contributed by atoms with van der Waals surface area (Å²) >= 11 is 0. The van der Waals surface area contributed by atoms with E-state index in [1.165, 1.54) is 11.1 Å². The minimum atomic E-state index is 0.146. The van der Waals surface area contributed by atoms with Gasteiger partial charge in [-0.25, -0.2) is 4.98 Å². The Morgan fingerprint density at radius 1 is 0.578 bits per heavy atom. The van der Waals surface area contributed by atoms with Gasteiger partial charge in [-0.1, -0.05) is 18.2 Å². The maximum absolute atomic E-state index is 6.27. The fourth-order valence-electron chi connectivity index (χ4n) is 6.77. The van der Waals surface area contributed by atoms with Crippen molar-refractivity contribution in [3.63, 3.8) is 0 Å². The van der Waals surface area contributed by atoms with Crippen molar-refractivity contribution in [2.24, 2.45) is 0 Å². The smallest absolute Gasteiger partial charge is 0.153 e. The van der Waals surface area contributed by atoms with Crippen LogP contribution in [0, 0.1) is 0 Å². The van der Waals surface area contributed by atoms with E-state index in [0.717, 1.165) is 90.1 Å². The van der Waals surface area contributed by atoms with Gasteiger partial charge in [-0.3, -0.25) is 9.97 Å². The van der Waals surface area contributed by atoms with Gasteiger partial charge in [0.2, 0.25) is 0 Å². The van der Waals surface area contributed by atoms with E-state index in [0.29, 0.717) is 0 Å². The number of rotatable bonds is 3. The third-order valence-corrected chi connectivity index (χ3v) is 8.98. The Kier molecular flexibility index (Phi) is 5.02. The number of hydrogen-bond donors (Lipinski definition) is 0. The molecule has 0 radical (unpaired) electrons. The van der Waals surface area contributed by atoms with Gasteiger partial charge in [0.1, 0.15) is 33.8 Å². The molecule has 3 aromatic carbocycles. The molecule has 1 unspecified atom stereocenters. The summed E-state index contributed by atoms with van der Waals surface area (Å²) in [6.45, 7) is 0. The average Bonchev–Trinajstić information content (AvgIpc) is 3.78. The molecule has 10 rings (SSSR count). The number of pyridine rings is 3. The van der Waals surface area contributed by atoms with Crippen LogP contribution in [-0.2, 0) is 0 Å². The van der Waals surface area contributed by atoms with Crippen LogP contribution in [0.4, 0.5) is 0 Å². The molecule has 6 heterocycles. The highest BCUT2D eigenvalue weighted by molar-refractivity contribution is 6.07. The topological polar surface area (TPSA) is 74.2 Å². The first-order chi connectivity index (χ1) is 22.2. The zero-order valence-corrected chi connectivity index (χ0v) is 23.9. The molecule has 212 valence electrons. The Bertz CT molecular complexity index is 2570. The van der Waals surface area contributed by atoms with E-state index in [4.69, 9.17) is 18.6 Å². The average molecular weight is 582 g/mol. The van der Waals surface area contributed by atoms with E-state index in [1.807, 2.05) is 48.7 Å². The largest absolute Gasteiger partial charge is 0.459 e. The van der Waals surface area contributed by atoms with Gasteiger partial charge in [-0.15, -0.1) is 0 Å². The Labute approximate surface area is 256 Å². The summed E-state index contributed by atoms with van der Waals surface area (Å²) in [5.74, 6) is 1.97. The standard InChI is InChI=1S/C39H23N3O3/c1-4-30(42-31(5-1)25-11-15-35-29(21-25)39-37(45-35)7-3-17-41-39)24-10-14-33-27(20-24)26-18-22(8-12-32(26)43-33)23-9-13-34-28(19-23)38-36(44-34)6-2-16-40-38/h1-18,20-21,28H,19H2. The molecule has 0 bridgehead atoms. The molecule has 2 aliphatic rings. The first kappa shape index (κ1) is 24.4. The van der Waals surface area contributed by atoms with Crippen LogP contribution in [0.3, 0.4) is 0 Å². The SMILES string of the molecule is C1=C(c2ccc3oc4ccc(-c5cccc(-c6ccc7oc8cccnc8c7c6)n5)cc4c3c2)CC2C(=C1)Oc1cccnc12. The number of hydrogen-bond acceptors (Lipinski definition) is 6. The monoisotopic (exact) mass is 581 g/mol. The minimum Gasteiger partial charge on any atom is -0.459 e. The molecule has 45 heavy (non-hydrogen) atoms. The number of aromatic nitrogens is 3. The predicted octanol–water partition coefficient (Wildman–Crippen LogP) is 9.85. The van der Waals surface area contributed by atoms with E-state index >= 15 is 0 Å². The van der Waals surface area contributed by atoms with Crippen molar-refractivity contribution in [2.75, 3.05) is 0 Å². The van der Waals surface area contributed by atoms with Crippen LogP contribution in [0.15, 0.2) is 136 Å². The quantitative estimate of drug-likeness (QED) is 0.207. The molecule has 8 aromatic rings. The third-order valence-electron chi connectivity index (χ3n) is 8.98. The van der Waals surface area contributed by atoms with E-state index in [1.54, 1.807) is 6.20 Å². The molecule has 0 saturated carbocycles. The molecular weight excluding hydrogens is 558 g/mol. The summed E-state index contributed by atoms with van der Waals surface area (Å²) in [4.78, 5) is 14.2. The van der Waals surface area contributed by atoms with E-state index < -0.39 is 0 Å². The van der Waals surface area contributed by atoms with E-state index in [-0.39, 0.29) is 5.92 Å². The lowest BCUT2D eigenvalue weighted by Gasteiger charge is -2.17. The fourth-order valence-corrected chi connectivity index (χ4v) is 6.77. The normalized spacial score (nSPS) is 15.7. The van der Waals surface area contributed by atoms with Gasteiger partial charge in [0.05, 0.1) is 23.0 Å². The molecule has 1 atom stereocenters. The zero-order valence-electron chi connectivity index (χ0n) is 23.9. The number of nitrogens with zero attached hydrogens (tertiary/aromatic N) is 3. The molecule has 6 nitrogen and oxygen atoms in total. The summed E-state index contributed by atoms with van der Waals surface area (Å²) in [6, 6.07) is 32.8. The number of furan rings is 2. The minimum absolute atomic E-state index is 0.146. The van der Waals surface area contributed by atoms with Crippen LogP contribution < -0.4 is 4.74 Å². The molecule has 0 amide bonds. The highest BCUT2D eigenvalue weighted by atomic mass is 16.5. The Hall–Kier alpha value is -6.01. The van der Waals surface area contributed by atoms with Crippen LogP contribution in [0.25, 0.3) is 72.1 Å². The van der Waals surface area contributed by atoms with Crippen molar-refractivity contribution in [1.29, 1.82) is 0 Å². The molecule has 6 heteroatoms. The molecule has 0 spiro atoms. The van der Waals surface area contributed by atoms with Crippen molar-refractivity contribution in [3.05, 3.63) is 139 Å². The second-order valence-electron chi connectivity index (χ2n) is 11.6. The molecule has 0 fully saturated rings. The lowest BCUT2D eigenvalue weighted by molar-refractivity contribution is 0.426. The fraction of sp³-hybridized carbons (Fsp3) is 0.0513. The summed E-state index contributed by atoms with van der Waals surface area (Å²) in [5, 5.41) is 3.14. The van der Waals surface area contributed by atoms with Gasteiger partial charge in [0.25, 0.3) is 0 Å². The van der Waals surface area contributed by atoms with Crippen LogP contribution >= 0.6 is 0 Å². The van der Waals surface area contributed by atoms with Gasteiger partial charge in [-0.05, 0) is 109 Å². The first-order valence-electron chi connectivity index (χ1n) is 15.0. The van der Waals surface area contributed by atoms with Crippen molar-refractivity contribution in [2.45, 2.75) is 12.3 Å². The van der Waals surface area contributed by atoms with Gasteiger partial charge < -0.3 is 13.6 Å². The second kappa shape index (κ2) is 9.24. The summed E-state index contributed by atoms with van der Waals surface area (Å²) in [6.07, 6.45) is 8.73. The molecule has 0 saturated heterocycles. The number of fused-ring (bicyclic) bond motifs is 9. The molecular formula is C39H23N3O3. The molecule has 1 aliphatic carbocycles. The van der Waals surface area contributed by atoms with Crippen molar-refractivity contribution in [3.8, 4) is 28.3 Å². The second-order valence-corrected chi connectivity index (χ2v) is 11.6. The van der Waals surface area contributed by atoms with E-state index in [2.05, 4.69) is 76.7 Å². The maximum atomic E-state index is 6.27. The summed E-state index contributed by atoms with van der Waals surface area (Å²) in [7, 11) is 0. The predicted molar refractivity (Wildman–Crippen MR) is 176 cm³/mol. The van der Waals surface area contributed by atoms with Gasteiger partial charge in [0, 0.05) is 39.7 Å². The highest BCUT2D eigenvalue weighted by Gasteiger charge is 2.33. The van der Waals surface area contributed by atoms with E-state index in [9.17, 15) is 0 Å². The Morgan fingerprint density at radius 3 is 2.07 bits per heavy atom. The molecule has 5 aromatic heterocycles. The summed E-state index contributed by atoms with van der Waals surface area (Å²) < 4.78 is 18.3. The molecule has 0 N–H and O–H groups in total. The molecule has 1 aliphatic heterocycles. The van der Waals surface area contributed by atoms with Crippen LogP contribution in [-0.4, -0.2) is 15.0 Å². The number of allylic oxidation sites excluding steroid dienone is 4. The lowest BCUT2D eigenvalue weighted by atomic mass is 9.87. The number of ether oxygens (including phenoxy) is 1. The Morgan fingerprint density at radius 2 is 1.24 bits per heavy atom. The van der Waals surface area contributed by atoms with Crippen LogP contribution in [0.1, 0.15) is 23.6 Å². The third kappa shape index (κ3) is 3.79. The van der Waals surface area contributed by atoms with Crippen molar-refractivity contribution < 1.29 is 13.6 Å². The lowest BCUT2D eigenvalue weighted by Crippen LogP contribution is -2.05. The van der Waals surface area contributed by atoms with Crippen LogP contribution in [0.2, 0.25) is 0 Å². The Balaban J connectivity index is 1.02. The first-order valence-corrected chi connectivity index (χ1v) is 15.0. The zero-order chi connectivity index (χ0) is 29.5. The van der Waals surface area contributed by atoms with Crippen molar-refractivity contribution in [1.82, 2.24) is 15.0 Å². The van der Waals surface area contributed by atoms with Gasteiger partial charge in [0.15, 0.2) is 5.58 Å². The van der Waals surface area contributed by atoms with Crippen LogP contribution in [0.5, 0.6) is 5.75 Å².